The number of nitrogens with zero attached hydrogens (tertiary/aromatic N) is 2. The van der Waals surface area contributed by atoms with E-state index in [0.717, 1.165) is 0 Å². The van der Waals surface area contributed by atoms with Crippen molar-refractivity contribution < 1.29 is 14.1 Å². The highest BCUT2D eigenvalue weighted by Crippen LogP contribution is 2.30. The maximum atomic E-state index is 12.7. The van der Waals surface area contributed by atoms with Crippen LogP contribution in [-0.4, -0.2) is 21.7 Å². The summed E-state index contributed by atoms with van der Waals surface area (Å²) in [6, 6.07) is 11.9. The molecule has 0 amide bonds. The third-order valence-electron chi connectivity index (χ3n) is 3.95. The van der Waals surface area contributed by atoms with Crippen molar-refractivity contribution in [1.82, 2.24) is 10.1 Å². The Balaban J connectivity index is 1.86. The topological polar surface area (TPSA) is 73.1 Å². The Labute approximate surface area is 132 Å². The first-order valence-electron chi connectivity index (χ1n) is 7.34. The zero-order valence-electron chi connectivity index (χ0n) is 12.4. The minimum atomic E-state index is -0.156. The molecule has 1 heterocycles. The van der Waals surface area contributed by atoms with E-state index < -0.39 is 0 Å². The zero-order valence-corrected chi connectivity index (χ0v) is 12.4. The van der Waals surface area contributed by atoms with Crippen LogP contribution in [0.3, 0.4) is 0 Å². The normalized spacial score (nSPS) is 12.9. The Kier molecular flexibility index (Phi) is 2.94. The second kappa shape index (κ2) is 4.98. The van der Waals surface area contributed by atoms with Gasteiger partial charge in [-0.2, -0.15) is 4.98 Å². The molecule has 0 saturated heterocycles. The number of ketones is 2. The van der Waals surface area contributed by atoms with Gasteiger partial charge in [-0.05, 0) is 12.1 Å². The molecule has 0 saturated carbocycles. The maximum absolute atomic E-state index is 12.7. The Morgan fingerprint density at radius 1 is 0.913 bits per heavy atom. The predicted molar refractivity (Wildman–Crippen MR) is 82.4 cm³/mol. The lowest BCUT2D eigenvalue weighted by molar-refractivity contribution is 0.0979. The summed E-state index contributed by atoms with van der Waals surface area (Å²) in [4.78, 5) is 29.5. The largest absolute Gasteiger partial charge is 0.339 e. The lowest BCUT2D eigenvalue weighted by Crippen LogP contribution is -2.20. The molecule has 0 bridgehead atoms. The molecule has 5 heteroatoms. The summed E-state index contributed by atoms with van der Waals surface area (Å²) in [6.07, 6.45) is 0.642. The average molecular weight is 304 g/mol. The Hall–Kier alpha value is -3.08. The van der Waals surface area contributed by atoms with E-state index in [2.05, 4.69) is 10.1 Å². The van der Waals surface area contributed by atoms with E-state index in [9.17, 15) is 9.59 Å². The minimum absolute atomic E-state index is 0.135. The number of aryl methyl sites for hydroxylation is 1. The van der Waals surface area contributed by atoms with Crippen molar-refractivity contribution in [3.63, 3.8) is 0 Å². The van der Waals surface area contributed by atoms with E-state index in [1.54, 1.807) is 42.5 Å². The van der Waals surface area contributed by atoms with E-state index >= 15 is 0 Å². The molecule has 1 aromatic heterocycles. The lowest BCUT2D eigenvalue weighted by atomic mass is 9.83. The maximum Gasteiger partial charge on any atom is 0.226 e. The summed E-state index contributed by atoms with van der Waals surface area (Å²) < 4.78 is 5.10. The van der Waals surface area contributed by atoms with Crippen LogP contribution in [0.5, 0.6) is 0 Å². The molecule has 5 nitrogen and oxygen atoms in total. The molecule has 0 N–H and O–H groups in total. The van der Waals surface area contributed by atoms with Gasteiger partial charge in [0.1, 0.15) is 0 Å². The van der Waals surface area contributed by atoms with Gasteiger partial charge in [0.2, 0.25) is 11.7 Å². The first-order chi connectivity index (χ1) is 11.2. The van der Waals surface area contributed by atoms with Crippen LogP contribution < -0.4 is 0 Å². The van der Waals surface area contributed by atoms with Gasteiger partial charge in [0.15, 0.2) is 11.6 Å². The van der Waals surface area contributed by atoms with Crippen LogP contribution >= 0.6 is 0 Å². The van der Waals surface area contributed by atoms with Gasteiger partial charge >= 0.3 is 0 Å². The monoisotopic (exact) mass is 304 g/mol. The van der Waals surface area contributed by atoms with Gasteiger partial charge in [-0.15, -0.1) is 0 Å². The Morgan fingerprint density at radius 2 is 1.57 bits per heavy atom. The highest BCUT2D eigenvalue weighted by atomic mass is 16.5. The van der Waals surface area contributed by atoms with E-state index in [1.165, 1.54) is 0 Å². The molecular weight excluding hydrogens is 292 g/mol. The molecular formula is C18H12N2O3. The van der Waals surface area contributed by atoms with Crippen LogP contribution in [0.1, 0.15) is 44.7 Å². The van der Waals surface area contributed by atoms with Crippen molar-refractivity contribution in [3.8, 4) is 11.4 Å². The van der Waals surface area contributed by atoms with Crippen LogP contribution in [0.2, 0.25) is 0 Å². The first kappa shape index (κ1) is 13.6. The number of hydrogen-bond acceptors (Lipinski definition) is 5. The number of carbonyl (C=O) groups excluding carboxylic acids is 2. The number of hydrogen-bond donors (Lipinski definition) is 0. The number of benzene rings is 2. The number of aromatic nitrogens is 2. The first-order valence-corrected chi connectivity index (χ1v) is 7.34. The van der Waals surface area contributed by atoms with Gasteiger partial charge in [-0.25, -0.2) is 0 Å². The quantitative estimate of drug-likeness (QED) is 0.569. The van der Waals surface area contributed by atoms with Crippen molar-refractivity contribution in [1.29, 1.82) is 0 Å². The Morgan fingerprint density at radius 3 is 2.22 bits per heavy atom. The van der Waals surface area contributed by atoms with E-state index in [1.807, 2.05) is 6.92 Å². The highest BCUT2D eigenvalue weighted by Gasteiger charge is 2.29. The molecule has 1 aliphatic rings. The van der Waals surface area contributed by atoms with Crippen LogP contribution in [0.25, 0.3) is 11.4 Å². The summed E-state index contributed by atoms with van der Waals surface area (Å²) in [6.45, 7) is 1.92. The van der Waals surface area contributed by atoms with Crippen molar-refractivity contribution in [2.45, 2.75) is 13.3 Å². The molecule has 0 unspecified atom stereocenters. The SMILES string of the molecule is CCc1nc(-c2ccc3c(c2)C(=O)c2ccccc2C3=O)no1. The lowest BCUT2D eigenvalue weighted by Gasteiger charge is -2.17. The predicted octanol–water partition coefficient (Wildman–Crippen LogP) is 3.07. The summed E-state index contributed by atoms with van der Waals surface area (Å²) in [7, 11) is 0. The molecule has 1 aliphatic carbocycles. The van der Waals surface area contributed by atoms with Crippen molar-refractivity contribution in [3.05, 3.63) is 70.6 Å². The number of rotatable bonds is 2. The second-order valence-electron chi connectivity index (χ2n) is 5.33. The molecule has 23 heavy (non-hydrogen) atoms. The van der Waals surface area contributed by atoms with Gasteiger partial charge in [-0.1, -0.05) is 42.4 Å². The van der Waals surface area contributed by atoms with E-state index in [0.29, 0.717) is 46.0 Å². The molecule has 0 fully saturated rings. The fourth-order valence-corrected chi connectivity index (χ4v) is 2.75. The smallest absolute Gasteiger partial charge is 0.226 e. The van der Waals surface area contributed by atoms with E-state index in [4.69, 9.17) is 4.52 Å². The van der Waals surface area contributed by atoms with Gasteiger partial charge in [0.05, 0.1) is 0 Å². The molecule has 0 atom stereocenters. The molecule has 2 aromatic carbocycles. The third-order valence-corrected chi connectivity index (χ3v) is 3.95. The summed E-state index contributed by atoms with van der Waals surface area (Å²) in [5.74, 6) is 0.662. The molecule has 0 radical (unpaired) electrons. The van der Waals surface area contributed by atoms with Crippen LogP contribution in [0, 0.1) is 0 Å². The fraction of sp³-hybridized carbons (Fsp3) is 0.111. The minimum Gasteiger partial charge on any atom is -0.339 e. The zero-order chi connectivity index (χ0) is 16.0. The molecule has 4 rings (SSSR count). The second-order valence-corrected chi connectivity index (χ2v) is 5.33. The summed E-state index contributed by atoms with van der Waals surface area (Å²) in [5.41, 5.74) is 2.34. The Bertz CT molecular complexity index is 956. The van der Waals surface area contributed by atoms with Crippen molar-refractivity contribution in [2.75, 3.05) is 0 Å². The molecule has 0 aliphatic heterocycles. The van der Waals surface area contributed by atoms with Crippen LogP contribution in [0.15, 0.2) is 47.0 Å². The van der Waals surface area contributed by atoms with Crippen molar-refractivity contribution in [2.24, 2.45) is 0 Å². The fourth-order valence-electron chi connectivity index (χ4n) is 2.75. The van der Waals surface area contributed by atoms with Crippen LogP contribution in [0.4, 0.5) is 0 Å². The van der Waals surface area contributed by atoms with Gasteiger partial charge < -0.3 is 4.52 Å². The van der Waals surface area contributed by atoms with Crippen LogP contribution in [-0.2, 0) is 6.42 Å². The summed E-state index contributed by atoms with van der Waals surface area (Å²) >= 11 is 0. The summed E-state index contributed by atoms with van der Waals surface area (Å²) in [5, 5.41) is 3.91. The standard InChI is InChI=1S/C18H12N2O3/c1-2-15-19-18(20-23-15)10-7-8-13-14(9-10)17(22)12-6-4-3-5-11(12)16(13)21/h3-9H,2H2,1H3. The molecule has 3 aromatic rings. The average Bonchev–Trinajstić information content (AvgIpc) is 3.08. The van der Waals surface area contributed by atoms with E-state index in [-0.39, 0.29) is 11.6 Å². The van der Waals surface area contributed by atoms with Gasteiger partial charge in [0, 0.05) is 34.2 Å². The number of fused-ring (bicyclic) bond motifs is 2. The van der Waals surface area contributed by atoms with Gasteiger partial charge in [0.25, 0.3) is 0 Å². The molecule has 0 spiro atoms. The highest BCUT2D eigenvalue weighted by molar-refractivity contribution is 6.28. The third kappa shape index (κ3) is 2.01. The number of carbonyl (C=O) groups is 2. The van der Waals surface area contributed by atoms with Gasteiger partial charge in [-0.3, -0.25) is 9.59 Å². The molecule has 112 valence electrons. The van der Waals surface area contributed by atoms with Crippen molar-refractivity contribution >= 4 is 11.6 Å².